The first-order valence-electron chi connectivity index (χ1n) is 6.87. The normalized spacial score (nSPS) is 15.4. The number of carbonyl (C=O) groups is 2. The van der Waals surface area contributed by atoms with Crippen molar-refractivity contribution in [2.45, 2.75) is 25.9 Å². The van der Waals surface area contributed by atoms with Crippen molar-refractivity contribution in [2.75, 3.05) is 5.32 Å². The smallest absolute Gasteiger partial charge is 0.325 e. The third-order valence-electron chi connectivity index (χ3n) is 3.36. The molecule has 1 heterocycles. The van der Waals surface area contributed by atoms with Crippen molar-refractivity contribution in [3.63, 3.8) is 0 Å². The highest BCUT2D eigenvalue weighted by Crippen LogP contribution is 2.20. The van der Waals surface area contributed by atoms with Crippen LogP contribution in [0, 0.1) is 22.7 Å². The fourth-order valence-electron chi connectivity index (χ4n) is 2.10. The predicted octanol–water partition coefficient (Wildman–Crippen LogP) is 1.86. The SMILES string of the molecule is CC1(C)NC(=O)N(Cc2ccc(NC=C(C#N)C#N)cc2)C1=O. The van der Waals surface area contributed by atoms with Crippen LogP contribution in [0.3, 0.4) is 0 Å². The van der Waals surface area contributed by atoms with E-state index < -0.39 is 11.6 Å². The average Bonchev–Trinajstić information content (AvgIpc) is 2.71. The van der Waals surface area contributed by atoms with E-state index in [-0.39, 0.29) is 18.0 Å². The zero-order valence-corrected chi connectivity index (χ0v) is 12.8. The van der Waals surface area contributed by atoms with Gasteiger partial charge in [-0.25, -0.2) is 4.79 Å². The number of benzene rings is 1. The zero-order chi connectivity index (χ0) is 17.0. The molecule has 1 aromatic rings. The Hall–Kier alpha value is -3.32. The fraction of sp³-hybridized carbons (Fsp3) is 0.250. The molecular weight excluding hydrogens is 294 g/mol. The molecule has 7 heteroatoms. The summed E-state index contributed by atoms with van der Waals surface area (Å²) in [6.07, 6.45) is 1.31. The monoisotopic (exact) mass is 309 g/mol. The summed E-state index contributed by atoms with van der Waals surface area (Å²) >= 11 is 0. The number of nitrogens with one attached hydrogen (secondary N) is 2. The van der Waals surface area contributed by atoms with Gasteiger partial charge in [0.25, 0.3) is 5.91 Å². The van der Waals surface area contributed by atoms with Gasteiger partial charge in [-0.2, -0.15) is 10.5 Å². The van der Waals surface area contributed by atoms with Gasteiger partial charge >= 0.3 is 6.03 Å². The number of allylic oxidation sites excluding steroid dienone is 1. The van der Waals surface area contributed by atoms with Crippen LogP contribution < -0.4 is 10.6 Å². The highest BCUT2D eigenvalue weighted by Gasteiger charge is 2.43. The molecule has 1 fully saturated rings. The van der Waals surface area contributed by atoms with E-state index in [2.05, 4.69) is 10.6 Å². The fourth-order valence-corrected chi connectivity index (χ4v) is 2.10. The van der Waals surface area contributed by atoms with Crippen molar-refractivity contribution >= 4 is 17.6 Å². The first kappa shape index (κ1) is 16.1. The molecule has 0 aromatic heterocycles. The van der Waals surface area contributed by atoms with E-state index in [1.165, 1.54) is 11.1 Å². The molecule has 116 valence electrons. The maximum atomic E-state index is 12.1. The molecule has 1 aromatic carbocycles. The van der Waals surface area contributed by atoms with Gasteiger partial charge in [-0.1, -0.05) is 12.1 Å². The highest BCUT2D eigenvalue weighted by molar-refractivity contribution is 6.06. The molecule has 7 nitrogen and oxygen atoms in total. The van der Waals surface area contributed by atoms with Crippen LogP contribution in [-0.4, -0.2) is 22.4 Å². The summed E-state index contributed by atoms with van der Waals surface area (Å²) in [5.74, 6) is -0.264. The summed E-state index contributed by atoms with van der Waals surface area (Å²) < 4.78 is 0. The standard InChI is InChI=1S/C16H15N5O2/c1-16(2)14(22)21(15(23)20-16)10-11-3-5-13(6-4-11)19-9-12(7-17)8-18/h3-6,9,19H,10H2,1-2H3,(H,20,23). The van der Waals surface area contributed by atoms with Gasteiger partial charge in [-0.15, -0.1) is 0 Å². The van der Waals surface area contributed by atoms with Crippen molar-refractivity contribution in [3.05, 3.63) is 41.6 Å². The number of hydrogen-bond acceptors (Lipinski definition) is 5. The van der Waals surface area contributed by atoms with E-state index in [9.17, 15) is 9.59 Å². The molecule has 0 atom stereocenters. The lowest BCUT2D eigenvalue weighted by Gasteiger charge is -2.16. The molecule has 3 amide bonds. The predicted molar refractivity (Wildman–Crippen MR) is 82.5 cm³/mol. The summed E-state index contributed by atoms with van der Waals surface area (Å²) in [7, 11) is 0. The average molecular weight is 309 g/mol. The van der Waals surface area contributed by atoms with Crippen LogP contribution in [-0.2, 0) is 11.3 Å². The molecule has 0 bridgehead atoms. The number of nitriles is 2. The summed E-state index contributed by atoms with van der Waals surface area (Å²) in [5.41, 5.74) is 0.570. The Labute approximate surface area is 133 Å². The molecule has 0 radical (unpaired) electrons. The lowest BCUT2D eigenvalue weighted by atomic mass is 10.1. The van der Waals surface area contributed by atoms with E-state index in [1.807, 2.05) is 0 Å². The van der Waals surface area contributed by atoms with Gasteiger partial charge in [0.1, 0.15) is 23.3 Å². The van der Waals surface area contributed by atoms with Gasteiger partial charge in [0.2, 0.25) is 0 Å². The van der Waals surface area contributed by atoms with E-state index in [0.717, 1.165) is 5.56 Å². The number of amides is 3. The van der Waals surface area contributed by atoms with Gasteiger partial charge in [0.15, 0.2) is 0 Å². The van der Waals surface area contributed by atoms with Crippen molar-refractivity contribution in [1.82, 2.24) is 10.2 Å². The van der Waals surface area contributed by atoms with Crippen LogP contribution in [0.25, 0.3) is 0 Å². The second-order valence-corrected chi connectivity index (χ2v) is 5.57. The summed E-state index contributed by atoms with van der Waals surface area (Å²) in [4.78, 5) is 25.1. The van der Waals surface area contributed by atoms with Crippen molar-refractivity contribution in [1.29, 1.82) is 10.5 Å². The number of urea groups is 1. The van der Waals surface area contributed by atoms with Gasteiger partial charge < -0.3 is 10.6 Å². The van der Waals surface area contributed by atoms with E-state index in [1.54, 1.807) is 50.3 Å². The van der Waals surface area contributed by atoms with Crippen molar-refractivity contribution < 1.29 is 9.59 Å². The second kappa shape index (κ2) is 6.20. The number of hydrogen-bond donors (Lipinski definition) is 2. The largest absolute Gasteiger partial charge is 0.360 e. The topological polar surface area (TPSA) is 109 Å². The third-order valence-corrected chi connectivity index (χ3v) is 3.36. The van der Waals surface area contributed by atoms with Crippen LogP contribution in [0.5, 0.6) is 0 Å². The molecule has 23 heavy (non-hydrogen) atoms. The molecule has 1 aliphatic heterocycles. The van der Waals surface area contributed by atoms with Crippen LogP contribution >= 0.6 is 0 Å². The van der Waals surface area contributed by atoms with Gasteiger partial charge in [0.05, 0.1) is 6.54 Å². The Balaban J connectivity index is 2.06. The van der Waals surface area contributed by atoms with Gasteiger partial charge in [-0.05, 0) is 31.5 Å². The lowest BCUT2D eigenvalue weighted by Crippen LogP contribution is -2.40. The molecule has 0 aliphatic carbocycles. The quantitative estimate of drug-likeness (QED) is 0.651. The number of carbonyl (C=O) groups excluding carboxylic acids is 2. The van der Waals surface area contributed by atoms with Crippen LogP contribution in [0.15, 0.2) is 36.0 Å². The second-order valence-electron chi connectivity index (χ2n) is 5.57. The van der Waals surface area contributed by atoms with E-state index in [4.69, 9.17) is 10.5 Å². The minimum atomic E-state index is -0.881. The maximum Gasteiger partial charge on any atom is 0.325 e. The number of imide groups is 1. The molecule has 0 unspecified atom stereocenters. The molecule has 1 aliphatic rings. The minimum Gasteiger partial charge on any atom is -0.360 e. The van der Waals surface area contributed by atoms with Gasteiger partial charge in [-0.3, -0.25) is 9.69 Å². The Morgan fingerprint density at radius 3 is 2.35 bits per heavy atom. The lowest BCUT2D eigenvalue weighted by molar-refractivity contribution is -0.130. The molecule has 2 rings (SSSR count). The summed E-state index contributed by atoms with van der Waals surface area (Å²) in [5, 5.41) is 22.7. The molecule has 0 spiro atoms. The highest BCUT2D eigenvalue weighted by atomic mass is 16.2. The Kier molecular flexibility index (Phi) is 4.33. The number of rotatable bonds is 4. The van der Waals surface area contributed by atoms with Crippen molar-refractivity contribution in [2.24, 2.45) is 0 Å². The van der Waals surface area contributed by atoms with Crippen molar-refractivity contribution in [3.8, 4) is 12.1 Å². The van der Waals surface area contributed by atoms with E-state index >= 15 is 0 Å². The number of nitrogens with zero attached hydrogens (tertiary/aromatic N) is 3. The molecule has 0 saturated carbocycles. The number of anilines is 1. The van der Waals surface area contributed by atoms with Crippen LogP contribution in [0.1, 0.15) is 19.4 Å². The van der Waals surface area contributed by atoms with Crippen LogP contribution in [0.4, 0.5) is 10.5 Å². The first-order valence-corrected chi connectivity index (χ1v) is 6.87. The minimum absolute atomic E-state index is 0.0318. The molecular formula is C16H15N5O2. The van der Waals surface area contributed by atoms with Crippen LogP contribution in [0.2, 0.25) is 0 Å². The maximum absolute atomic E-state index is 12.1. The zero-order valence-electron chi connectivity index (χ0n) is 12.8. The Morgan fingerprint density at radius 2 is 1.87 bits per heavy atom. The first-order chi connectivity index (χ1) is 10.9. The third kappa shape index (κ3) is 3.47. The van der Waals surface area contributed by atoms with E-state index in [0.29, 0.717) is 5.69 Å². The summed E-state index contributed by atoms with van der Waals surface area (Å²) in [6, 6.07) is 10.1. The Bertz CT molecular complexity index is 734. The molecule has 1 saturated heterocycles. The molecule has 2 N–H and O–H groups in total. The Morgan fingerprint density at radius 1 is 1.26 bits per heavy atom. The summed E-state index contributed by atoms with van der Waals surface area (Å²) in [6.45, 7) is 3.51. The van der Waals surface area contributed by atoms with Gasteiger partial charge in [0, 0.05) is 11.9 Å².